The predicted molar refractivity (Wildman–Crippen MR) is 102 cm³/mol. The van der Waals surface area contributed by atoms with Crippen LogP contribution in [0.25, 0.3) is 11.2 Å². The van der Waals surface area contributed by atoms with Gasteiger partial charge in [0.1, 0.15) is 11.3 Å². The van der Waals surface area contributed by atoms with Crippen LogP contribution in [-0.2, 0) is 7.05 Å². The monoisotopic (exact) mass is 349 g/mol. The summed E-state index contributed by atoms with van der Waals surface area (Å²) in [6.07, 6.45) is 2.70. The van der Waals surface area contributed by atoms with Crippen molar-refractivity contribution in [3.05, 3.63) is 53.5 Å². The first-order valence-corrected chi connectivity index (χ1v) is 8.93. The number of nitrogens with zero attached hydrogens (tertiary/aromatic N) is 4. The average Bonchev–Trinajstić information content (AvgIpc) is 3.24. The fourth-order valence-corrected chi connectivity index (χ4v) is 3.63. The molecule has 2 aromatic heterocycles. The third-order valence-electron chi connectivity index (χ3n) is 5.14. The van der Waals surface area contributed by atoms with Crippen molar-refractivity contribution < 1.29 is 4.79 Å². The predicted octanol–water partition coefficient (Wildman–Crippen LogP) is 3.61. The molecular weight excluding hydrogens is 326 g/mol. The molecule has 4 rings (SSSR count). The number of carbonyl (C=O) groups excluding carboxylic acids is 1. The first-order valence-electron chi connectivity index (χ1n) is 8.93. The van der Waals surface area contributed by atoms with Crippen molar-refractivity contribution in [3.63, 3.8) is 0 Å². The van der Waals surface area contributed by atoms with Crippen molar-refractivity contribution in [1.29, 1.82) is 0 Å². The van der Waals surface area contributed by atoms with Gasteiger partial charge in [-0.15, -0.1) is 0 Å². The standard InChI is InChI=1S/C20H23N5O/c1-13-6-7-14(2)17(11-13)23-20(26)25-10-8-15(12-25)18-22-16-5-4-9-21-19(16)24(18)3/h4-7,9,11,15H,8,10,12H2,1-3H3,(H,23,26)/t15-/m1/s1. The number of pyridine rings is 1. The Balaban J connectivity index is 1.50. The highest BCUT2D eigenvalue weighted by Crippen LogP contribution is 2.29. The van der Waals surface area contributed by atoms with Gasteiger partial charge in [0.25, 0.3) is 0 Å². The lowest BCUT2D eigenvalue weighted by molar-refractivity contribution is 0.222. The Morgan fingerprint density at radius 2 is 2.12 bits per heavy atom. The van der Waals surface area contributed by atoms with Crippen LogP contribution in [0.3, 0.4) is 0 Å². The van der Waals surface area contributed by atoms with Crippen molar-refractivity contribution in [2.75, 3.05) is 18.4 Å². The highest BCUT2D eigenvalue weighted by Gasteiger charge is 2.30. The minimum atomic E-state index is -0.0434. The molecule has 1 atom stereocenters. The molecular formula is C20H23N5O. The molecule has 134 valence electrons. The molecule has 1 aliphatic heterocycles. The molecule has 6 nitrogen and oxygen atoms in total. The van der Waals surface area contributed by atoms with Gasteiger partial charge in [-0.3, -0.25) is 0 Å². The maximum absolute atomic E-state index is 12.7. The van der Waals surface area contributed by atoms with Crippen molar-refractivity contribution >= 4 is 22.9 Å². The van der Waals surface area contributed by atoms with Gasteiger partial charge in [0.15, 0.2) is 5.65 Å². The van der Waals surface area contributed by atoms with Crippen molar-refractivity contribution in [2.24, 2.45) is 7.05 Å². The summed E-state index contributed by atoms with van der Waals surface area (Å²) < 4.78 is 2.05. The number of urea groups is 1. The third kappa shape index (κ3) is 2.92. The Bertz CT molecular complexity index is 977. The number of nitrogens with one attached hydrogen (secondary N) is 1. The molecule has 0 bridgehead atoms. The number of aromatic nitrogens is 3. The molecule has 1 saturated heterocycles. The Morgan fingerprint density at radius 1 is 1.27 bits per heavy atom. The van der Waals surface area contributed by atoms with Gasteiger partial charge in [0.2, 0.25) is 0 Å². The van der Waals surface area contributed by atoms with Gasteiger partial charge in [-0.25, -0.2) is 14.8 Å². The number of hydrogen-bond acceptors (Lipinski definition) is 3. The van der Waals surface area contributed by atoms with E-state index < -0.39 is 0 Å². The zero-order valence-electron chi connectivity index (χ0n) is 15.4. The zero-order chi connectivity index (χ0) is 18.3. The maximum Gasteiger partial charge on any atom is 0.321 e. The van der Waals surface area contributed by atoms with Crippen LogP contribution in [0.4, 0.5) is 10.5 Å². The number of rotatable bonds is 2. The largest absolute Gasteiger partial charge is 0.324 e. The van der Waals surface area contributed by atoms with Gasteiger partial charge in [-0.05, 0) is 49.6 Å². The van der Waals surface area contributed by atoms with E-state index in [0.29, 0.717) is 6.54 Å². The van der Waals surface area contributed by atoms with E-state index in [0.717, 1.165) is 46.8 Å². The van der Waals surface area contributed by atoms with Crippen LogP contribution >= 0.6 is 0 Å². The quantitative estimate of drug-likeness (QED) is 0.769. The Labute approximate surface area is 152 Å². The molecule has 0 spiro atoms. The number of imidazole rings is 1. The smallest absolute Gasteiger partial charge is 0.321 e. The van der Waals surface area contributed by atoms with Crippen LogP contribution in [0.2, 0.25) is 0 Å². The molecule has 0 radical (unpaired) electrons. The van der Waals surface area contributed by atoms with Crippen LogP contribution < -0.4 is 5.32 Å². The average molecular weight is 349 g/mol. The topological polar surface area (TPSA) is 63.1 Å². The fourth-order valence-electron chi connectivity index (χ4n) is 3.63. The molecule has 3 aromatic rings. The lowest BCUT2D eigenvalue weighted by Crippen LogP contribution is -2.33. The van der Waals surface area contributed by atoms with E-state index in [1.54, 1.807) is 6.20 Å². The molecule has 1 aliphatic rings. The van der Waals surface area contributed by atoms with Gasteiger partial charge < -0.3 is 14.8 Å². The second-order valence-electron chi connectivity index (χ2n) is 7.06. The number of likely N-dealkylation sites (tertiary alicyclic amines) is 1. The number of anilines is 1. The van der Waals surface area contributed by atoms with Crippen molar-refractivity contribution in [3.8, 4) is 0 Å². The first-order chi connectivity index (χ1) is 12.5. The number of hydrogen-bond donors (Lipinski definition) is 1. The number of benzene rings is 1. The summed E-state index contributed by atoms with van der Waals surface area (Å²) in [5, 5.41) is 3.05. The van der Waals surface area contributed by atoms with E-state index in [1.165, 1.54) is 0 Å². The highest BCUT2D eigenvalue weighted by molar-refractivity contribution is 5.90. The van der Waals surface area contributed by atoms with Crippen LogP contribution in [-0.4, -0.2) is 38.6 Å². The molecule has 6 heteroatoms. The van der Waals surface area contributed by atoms with E-state index in [-0.39, 0.29) is 11.9 Å². The Kier molecular flexibility index (Phi) is 4.11. The number of aryl methyl sites for hydroxylation is 3. The minimum Gasteiger partial charge on any atom is -0.324 e. The van der Waals surface area contributed by atoms with Crippen molar-refractivity contribution in [2.45, 2.75) is 26.2 Å². The molecule has 0 unspecified atom stereocenters. The second kappa shape index (κ2) is 6.44. The lowest BCUT2D eigenvalue weighted by Gasteiger charge is -2.18. The van der Waals surface area contributed by atoms with Gasteiger partial charge >= 0.3 is 6.03 Å². The third-order valence-corrected chi connectivity index (χ3v) is 5.14. The van der Waals surface area contributed by atoms with Crippen LogP contribution in [0.1, 0.15) is 29.3 Å². The maximum atomic E-state index is 12.7. The molecule has 2 amide bonds. The van der Waals surface area contributed by atoms with Crippen LogP contribution in [0, 0.1) is 13.8 Å². The zero-order valence-corrected chi connectivity index (χ0v) is 15.4. The summed E-state index contributed by atoms with van der Waals surface area (Å²) in [4.78, 5) is 23.7. The molecule has 0 saturated carbocycles. The lowest BCUT2D eigenvalue weighted by atomic mass is 10.1. The second-order valence-corrected chi connectivity index (χ2v) is 7.06. The Morgan fingerprint density at radius 3 is 2.92 bits per heavy atom. The molecule has 0 aliphatic carbocycles. The summed E-state index contributed by atoms with van der Waals surface area (Å²) in [6, 6.07) is 9.93. The van der Waals surface area contributed by atoms with Gasteiger partial charge in [-0.1, -0.05) is 12.1 Å². The van der Waals surface area contributed by atoms with E-state index in [4.69, 9.17) is 4.98 Å². The van der Waals surface area contributed by atoms with Gasteiger partial charge in [-0.2, -0.15) is 0 Å². The van der Waals surface area contributed by atoms with Gasteiger partial charge in [0.05, 0.1) is 0 Å². The van der Waals surface area contributed by atoms with Crippen LogP contribution in [0.15, 0.2) is 36.5 Å². The summed E-state index contributed by atoms with van der Waals surface area (Å²) in [5.74, 6) is 1.24. The van der Waals surface area contributed by atoms with E-state index in [2.05, 4.69) is 16.4 Å². The SMILES string of the molecule is Cc1ccc(C)c(NC(=O)N2CC[C@@H](c3nc4cccnc4n3C)C2)c1. The van der Waals surface area contributed by atoms with Crippen LogP contribution in [0.5, 0.6) is 0 Å². The van der Waals surface area contributed by atoms with E-state index >= 15 is 0 Å². The number of carbonyl (C=O) groups is 1. The number of fused-ring (bicyclic) bond motifs is 1. The molecule has 3 heterocycles. The highest BCUT2D eigenvalue weighted by atomic mass is 16.2. The van der Waals surface area contributed by atoms with Crippen molar-refractivity contribution in [1.82, 2.24) is 19.4 Å². The van der Waals surface area contributed by atoms with E-state index in [9.17, 15) is 4.79 Å². The van der Waals surface area contributed by atoms with Gasteiger partial charge in [0, 0.05) is 37.9 Å². The molecule has 1 N–H and O–H groups in total. The number of amides is 2. The molecule has 1 aromatic carbocycles. The minimum absolute atomic E-state index is 0.0434. The summed E-state index contributed by atoms with van der Waals surface area (Å²) in [6.45, 7) is 5.45. The fraction of sp³-hybridized carbons (Fsp3) is 0.350. The first kappa shape index (κ1) is 16.6. The summed E-state index contributed by atoms with van der Waals surface area (Å²) in [7, 11) is 2.00. The van der Waals surface area contributed by atoms with E-state index in [1.807, 2.05) is 54.6 Å². The Hall–Kier alpha value is -2.89. The normalized spacial score (nSPS) is 17.0. The molecule has 1 fully saturated rings. The molecule has 26 heavy (non-hydrogen) atoms. The summed E-state index contributed by atoms with van der Waals surface area (Å²) >= 11 is 0. The summed E-state index contributed by atoms with van der Waals surface area (Å²) in [5.41, 5.74) is 4.88.